The molecular formula is C13H12N4. The van der Waals surface area contributed by atoms with Crippen molar-refractivity contribution in [2.45, 2.75) is 25.2 Å². The van der Waals surface area contributed by atoms with E-state index in [1.54, 1.807) is 10.8 Å². The van der Waals surface area contributed by atoms with Gasteiger partial charge in [-0.05, 0) is 25.0 Å². The number of hydrogen-bond acceptors (Lipinski definition) is 3. The summed E-state index contributed by atoms with van der Waals surface area (Å²) >= 11 is 0. The van der Waals surface area contributed by atoms with Gasteiger partial charge in [-0.25, -0.2) is 14.5 Å². The fourth-order valence-corrected chi connectivity index (χ4v) is 2.34. The second-order valence-electron chi connectivity index (χ2n) is 4.63. The SMILES string of the molecule is c1ccc2c(c1)ncn1nc(C3CCC3)nc21. The molecule has 17 heavy (non-hydrogen) atoms. The zero-order valence-corrected chi connectivity index (χ0v) is 9.37. The van der Waals surface area contributed by atoms with Gasteiger partial charge in [-0.3, -0.25) is 0 Å². The smallest absolute Gasteiger partial charge is 0.166 e. The van der Waals surface area contributed by atoms with Crippen molar-refractivity contribution >= 4 is 16.6 Å². The lowest BCUT2D eigenvalue weighted by Gasteiger charge is -2.21. The Kier molecular flexibility index (Phi) is 1.75. The third-order valence-electron chi connectivity index (χ3n) is 3.57. The van der Waals surface area contributed by atoms with Crippen LogP contribution in [0.2, 0.25) is 0 Å². The molecule has 1 fully saturated rings. The lowest BCUT2D eigenvalue weighted by Crippen LogP contribution is -2.10. The highest BCUT2D eigenvalue weighted by atomic mass is 15.3. The van der Waals surface area contributed by atoms with Crippen LogP contribution in [0, 0.1) is 0 Å². The first-order chi connectivity index (χ1) is 8.42. The molecule has 0 unspecified atom stereocenters. The highest BCUT2D eigenvalue weighted by Gasteiger charge is 2.24. The lowest BCUT2D eigenvalue weighted by molar-refractivity contribution is 0.401. The summed E-state index contributed by atoms with van der Waals surface area (Å²) in [4.78, 5) is 9.06. The Bertz CT molecular complexity index is 697. The van der Waals surface area contributed by atoms with Crippen LogP contribution in [0.1, 0.15) is 31.0 Å². The van der Waals surface area contributed by atoms with Crippen molar-refractivity contribution in [1.82, 2.24) is 19.6 Å². The molecule has 2 aromatic heterocycles. The first kappa shape index (κ1) is 9.10. The van der Waals surface area contributed by atoms with E-state index in [0.29, 0.717) is 5.92 Å². The van der Waals surface area contributed by atoms with Gasteiger partial charge in [-0.2, -0.15) is 0 Å². The van der Waals surface area contributed by atoms with E-state index in [0.717, 1.165) is 22.4 Å². The van der Waals surface area contributed by atoms with E-state index >= 15 is 0 Å². The largest absolute Gasteiger partial charge is 0.236 e. The third-order valence-corrected chi connectivity index (χ3v) is 3.57. The van der Waals surface area contributed by atoms with Gasteiger partial charge < -0.3 is 0 Å². The molecule has 4 nitrogen and oxygen atoms in total. The van der Waals surface area contributed by atoms with Gasteiger partial charge in [0, 0.05) is 11.3 Å². The van der Waals surface area contributed by atoms with Crippen LogP contribution in [0.3, 0.4) is 0 Å². The van der Waals surface area contributed by atoms with Crippen molar-refractivity contribution in [3.05, 3.63) is 36.4 Å². The summed E-state index contributed by atoms with van der Waals surface area (Å²) < 4.78 is 1.80. The molecule has 2 heterocycles. The average Bonchev–Trinajstić information content (AvgIpc) is 2.70. The maximum absolute atomic E-state index is 4.67. The predicted octanol–water partition coefficient (Wildman–Crippen LogP) is 2.54. The Balaban J connectivity index is 2.01. The van der Waals surface area contributed by atoms with Crippen molar-refractivity contribution in [3.8, 4) is 0 Å². The van der Waals surface area contributed by atoms with Gasteiger partial charge in [-0.1, -0.05) is 18.6 Å². The van der Waals surface area contributed by atoms with Gasteiger partial charge >= 0.3 is 0 Å². The molecule has 4 rings (SSSR count). The first-order valence-electron chi connectivity index (χ1n) is 6.02. The molecule has 0 amide bonds. The Hall–Kier alpha value is -1.97. The number of para-hydroxylation sites is 1. The lowest BCUT2D eigenvalue weighted by atomic mass is 9.85. The van der Waals surface area contributed by atoms with Gasteiger partial charge in [-0.15, -0.1) is 5.10 Å². The van der Waals surface area contributed by atoms with Crippen molar-refractivity contribution in [2.24, 2.45) is 0 Å². The first-order valence-corrected chi connectivity index (χ1v) is 6.02. The molecule has 1 aromatic carbocycles. The van der Waals surface area contributed by atoms with Crippen LogP contribution in [0.15, 0.2) is 30.6 Å². The Morgan fingerprint density at radius 1 is 1.18 bits per heavy atom. The molecule has 1 saturated carbocycles. The zero-order chi connectivity index (χ0) is 11.2. The molecule has 1 aliphatic carbocycles. The average molecular weight is 224 g/mol. The molecule has 4 heteroatoms. The van der Waals surface area contributed by atoms with E-state index in [1.807, 2.05) is 18.2 Å². The predicted molar refractivity (Wildman–Crippen MR) is 64.9 cm³/mol. The normalized spacial score (nSPS) is 16.5. The quantitative estimate of drug-likeness (QED) is 0.638. The van der Waals surface area contributed by atoms with Crippen LogP contribution in [0.25, 0.3) is 16.6 Å². The molecule has 84 valence electrons. The van der Waals surface area contributed by atoms with Gasteiger partial charge in [0.05, 0.1) is 5.52 Å². The van der Waals surface area contributed by atoms with Crippen molar-refractivity contribution in [1.29, 1.82) is 0 Å². The van der Waals surface area contributed by atoms with E-state index in [-0.39, 0.29) is 0 Å². The van der Waals surface area contributed by atoms with Crippen molar-refractivity contribution in [3.63, 3.8) is 0 Å². The zero-order valence-electron chi connectivity index (χ0n) is 9.37. The molecule has 1 aliphatic rings. The summed E-state index contributed by atoms with van der Waals surface area (Å²) in [6.07, 6.45) is 5.51. The molecule has 0 N–H and O–H groups in total. The minimum Gasteiger partial charge on any atom is -0.236 e. The summed E-state index contributed by atoms with van der Waals surface area (Å²) in [6.45, 7) is 0. The van der Waals surface area contributed by atoms with Crippen LogP contribution in [-0.2, 0) is 0 Å². The van der Waals surface area contributed by atoms with Crippen LogP contribution in [0.5, 0.6) is 0 Å². The van der Waals surface area contributed by atoms with Crippen LogP contribution < -0.4 is 0 Å². The molecule has 0 spiro atoms. The highest BCUT2D eigenvalue weighted by Crippen LogP contribution is 2.34. The van der Waals surface area contributed by atoms with Crippen molar-refractivity contribution < 1.29 is 0 Å². The van der Waals surface area contributed by atoms with E-state index < -0.39 is 0 Å². The maximum atomic E-state index is 4.67. The molecule has 0 bridgehead atoms. The topological polar surface area (TPSA) is 43.1 Å². The van der Waals surface area contributed by atoms with Crippen molar-refractivity contribution in [2.75, 3.05) is 0 Å². The van der Waals surface area contributed by atoms with E-state index in [1.165, 1.54) is 19.3 Å². The molecule has 3 aromatic rings. The van der Waals surface area contributed by atoms with Gasteiger partial charge in [0.1, 0.15) is 6.33 Å². The Labute approximate surface area is 98.3 Å². The number of fused-ring (bicyclic) bond motifs is 3. The number of hydrogen-bond donors (Lipinski definition) is 0. The number of benzene rings is 1. The monoisotopic (exact) mass is 224 g/mol. The van der Waals surface area contributed by atoms with Gasteiger partial charge in [0.15, 0.2) is 11.5 Å². The molecular weight excluding hydrogens is 212 g/mol. The fourth-order valence-electron chi connectivity index (χ4n) is 2.34. The Morgan fingerprint density at radius 2 is 2.06 bits per heavy atom. The highest BCUT2D eigenvalue weighted by molar-refractivity contribution is 5.90. The second-order valence-corrected chi connectivity index (χ2v) is 4.63. The number of rotatable bonds is 1. The van der Waals surface area contributed by atoms with Crippen LogP contribution >= 0.6 is 0 Å². The number of nitrogens with zero attached hydrogens (tertiary/aromatic N) is 4. The molecule has 0 saturated heterocycles. The molecule has 0 radical (unpaired) electrons. The standard InChI is InChI=1S/C13H12N4/c1-2-7-11-10(6-1)13-15-12(9-4-3-5-9)16-17(13)8-14-11/h1-2,6-9H,3-5H2. The van der Waals surface area contributed by atoms with E-state index in [4.69, 9.17) is 0 Å². The summed E-state index contributed by atoms with van der Waals surface area (Å²) in [5.41, 5.74) is 1.91. The molecule has 0 atom stereocenters. The van der Waals surface area contributed by atoms with Crippen LogP contribution in [-0.4, -0.2) is 19.6 Å². The minimum atomic E-state index is 0.564. The van der Waals surface area contributed by atoms with E-state index in [9.17, 15) is 0 Å². The third kappa shape index (κ3) is 1.27. The molecule has 0 aliphatic heterocycles. The summed E-state index contributed by atoms with van der Waals surface area (Å²) in [7, 11) is 0. The Morgan fingerprint density at radius 3 is 2.88 bits per heavy atom. The summed E-state index contributed by atoms with van der Waals surface area (Å²) in [6, 6.07) is 8.07. The van der Waals surface area contributed by atoms with Crippen LogP contribution in [0.4, 0.5) is 0 Å². The van der Waals surface area contributed by atoms with Gasteiger partial charge in [0.25, 0.3) is 0 Å². The summed E-state index contributed by atoms with van der Waals surface area (Å²) in [5, 5.41) is 5.60. The second kappa shape index (κ2) is 3.26. The van der Waals surface area contributed by atoms with Gasteiger partial charge in [0.2, 0.25) is 0 Å². The fraction of sp³-hybridized carbons (Fsp3) is 0.308. The minimum absolute atomic E-state index is 0.564. The van der Waals surface area contributed by atoms with E-state index in [2.05, 4.69) is 21.1 Å². The summed E-state index contributed by atoms with van der Waals surface area (Å²) in [5.74, 6) is 1.54. The maximum Gasteiger partial charge on any atom is 0.166 e. The number of aromatic nitrogens is 4.